The first-order valence-electron chi connectivity index (χ1n) is 7.76. The zero-order valence-corrected chi connectivity index (χ0v) is 14.3. The Kier molecular flexibility index (Phi) is 6.48. The van der Waals surface area contributed by atoms with Crippen molar-refractivity contribution in [3.8, 4) is 5.75 Å². The van der Waals surface area contributed by atoms with Crippen molar-refractivity contribution in [2.45, 2.75) is 26.7 Å². The maximum absolute atomic E-state index is 11.8. The second-order valence-electron chi connectivity index (χ2n) is 5.61. The summed E-state index contributed by atoms with van der Waals surface area (Å²) in [6, 6.07) is 13.6. The number of nitrogens with one attached hydrogen (secondary N) is 1. The molecule has 2 rings (SSSR count). The highest BCUT2D eigenvalue weighted by Crippen LogP contribution is 2.16. The van der Waals surface area contributed by atoms with Crippen LogP contribution in [0.1, 0.15) is 23.1 Å². The Balaban J connectivity index is 1.65. The van der Waals surface area contributed by atoms with Crippen molar-refractivity contribution in [2.75, 3.05) is 13.2 Å². The van der Waals surface area contributed by atoms with Crippen molar-refractivity contribution in [1.82, 2.24) is 5.32 Å². The van der Waals surface area contributed by atoms with Crippen molar-refractivity contribution < 1.29 is 9.53 Å². The highest BCUT2D eigenvalue weighted by Gasteiger charge is 2.03. The van der Waals surface area contributed by atoms with Crippen LogP contribution in [-0.4, -0.2) is 19.1 Å². The van der Waals surface area contributed by atoms with Gasteiger partial charge in [0.15, 0.2) is 6.61 Å². The lowest BCUT2D eigenvalue weighted by atomic mass is 10.1. The maximum Gasteiger partial charge on any atom is 0.257 e. The van der Waals surface area contributed by atoms with Crippen molar-refractivity contribution in [3.05, 3.63) is 64.2 Å². The summed E-state index contributed by atoms with van der Waals surface area (Å²) in [5.74, 6) is 0.628. The molecule has 0 spiro atoms. The minimum atomic E-state index is -0.0978. The number of carbonyl (C=O) groups is 1. The minimum absolute atomic E-state index is 0.0451. The molecule has 0 radical (unpaired) electrons. The third kappa shape index (κ3) is 5.95. The highest BCUT2D eigenvalue weighted by atomic mass is 35.5. The van der Waals surface area contributed by atoms with Crippen LogP contribution >= 0.6 is 11.6 Å². The fourth-order valence-corrected chi connectivity index (χ4v) is 2.30. The Morgan fingerprint density at radius 1 is 1.09 bits per heavy atom. The quantitative estimate of drug-likeness (QED) is 0.776. The summed E-state index contributed by atoms with van der Waals surface area (Å²) in [5, 5.41) is 3.61. The van der Waals surface area contributed by atoms with Crippen molar-refractivity contribution in [2.24, 2.45) is 0 Å². The summed E-state index contributed by atoms with van der Waals surface area (Å²) in [6.07, 6.45) is 1.80. The molecule has 0 aromatic heterocycles. The lowest BCUT2D eigenvalue weighted by Gasteiger charge is -2.09. The summed E-state index contributed by atoms with van der Waals surface area (Å²) in [4.78, 5) is 11.8. The molecule has 0 atom stereocenters. The Hall–Kier alpha value is -2.00. The van der Waals surface area contributed by atoms with E-state index in [4.69, 9.17) is 16.3 Å². The van der Waals surface area contributed by atoms with Gasteiger partial charge in [-0.1, -0.05) is 29.8 Å². The molecule has 0 fully saturated rings. The van der Waals surface area contributed by atoms with Crippen molar-refractivity contribution in [1.29, 1.82) is 0 Å². The molecule has 0 unspecified atom stereocenters. The Bertz CT molecular complexity index is 653. The number of halogens is 1. The zero-order chi connectivity index (χ0) is 16.7. The van der Waals surface area contributed by atoms with E-state index in [1.54, 1.807) is 0 Å². The smallest absolute Gasteiger partial charge is 0.257 e. The van der Waals surface area contributed by atoms with E-state index < -0.39 is 0 Å². The molecule has 2 aromatic carbocycles. The molecule has 0 aliphatic rings. The van der Waals surface area contributed by atoms with Gasteiger partial charge < -0.3 is 10.1 Å². The van der Waals surface area contributed by atoms with Gasteiger partial charge in [0.05, 0.1) is 0 Å². The minimum Gasteiger partial charge on any atom is -0.484 e. The summed E-state index contributed by atoms with van der Waals surface area (Å²) in [5.41, 5.74) is 3.59. The number of aryl methyl sites for hydroxylation is 3. The molecule has 0 bridgehead atoms. The van der Waals surface area contributed by atoms with Gasteiger partial charge in [-0.05, 0) is 67.6 Å². The van der Waals surface area contributed by atoms with Gasteiger partial charge in [0.1, 0.15) is 5.75 Å². The lowest BCUT2D eigenvalue weighted by Crippen LogP contribution is -2.29. The van der Waals surface area contributed by atoms with Gasteiger partial charge in [0.2, 0.25) is 0 Å². The van der Waals surface area contributed by atoms with E-state index >= 15 is 0 Å². The van der Waals surface area contributed by atoms with Gasteiger partial charge in [0, 0.05) is 11.6 Å². The number of carbonyl (C=O) groups excluding carboxylic acids is 1. The van der Waals surface area contributed by atoms with Crippen LogP contribution in [0.5, 0.6) is 5.75 Å². The first-order chi connectivity index (χ1) is 11.0. The summed E-state index contributed by atoms with van der Waals surface area (Å²) in [7, 11) is 0. The van der Waals surface area contributed by atoms with Crippen LogP contribution in [0.3, 0.4) is 0 Å². The fourth-order valence-electron chi connectivity index (χ4n) is 2.17. The van der Waals surface area contributed by atoms with Gasteiger partial charge in [0.25, 0.3) is 5.91 Å². The topological polar surface area (TPSA) is 38.3 Å². The number of hydrogen-bond acceptors (Lipinski definition) is 2. The van der Waals surface area contributed by atoms with Crippen molar-refractivity contribution in [3.63, 3.8) is 0 Å². The molecule has 0 aliphatic heterocycles. The molecular formula is C19H22ClNO2. The molecule has 0 aliphatic carbocycles. The average Bonchev–Trinajstić information content (AvgIpc) is 2.54. The SMILES string of the molecule is Cc1ccc(OCC(=O)NCCCc2ccc(Cl)cc2)cc1C. The average molecular weight is 332 g/mol. The van der Waals surface area contributed by atoms with Crippen LogP contribution in [0.4, 0.5) is 0 Å². The summed E-state index contributed by atoms with van der Waals surface area (Å²) in [6.45, 7) is 4.76. The van der Waals surface area contributed by atoms with Gasteiger partial charge in [-0.2, -0.15) is 0 Å². The molecule has 0 saturated carbocycles. The highest BCUT2D eigenvalue weighted by molar-refractivity contribution is 6.30. The second-order valence-corrected chi connectivity index (χ2v) is 6.05. The van der Waals surface area contributed by atoms with Crippen LogP contribution in [0.15, 0.2) is 42.5 Å². The van der Waals surface area contributed by atoms with E-state index in [1.165, 1.54) is 11.1 Å². The van der Waals surface area contributed by atoms with E-state index in [-0.39, 0.29) is 12.5 Å². The maximum atomic E-state index is 11.8. The largest absolute Gasteiger partial charge is 0.484 e. The van der Waals surface area contributed by atoms with Crippen LogP contribution < -0.4 is 10.1 Å². The van der Waals surface area contributed by atoms with E-state index in [0.717, 1.165) is 29.2 Å². The Morgan fingerprint density at radius 3 is 2.52 bits per heavy atom. The molecule has 23 heavy (non-hydrogen) atoms. The molecule has 3 nitrogen and oxygen atoms in total. The number of rotatable bonds is 7. The lowest BCUT2D eigenvalue weighted by molar-refractivity contribution is -0.123. The molecule has 0 heterocycles. The molecule has 1 N–H and O–H groups in total. The molecule has 0 saturated heterocycles. The van der Waals surface area contributed by atoms with Gasteiger partial charge >= 0.3 is 0 Å². The molecule has 4 heteroatoms. The van der Waals surface area contributed by atoms with Crippen LogP contribution in [0.25, 0.3) is 0 Å². The number of benzene rings is 2. The standard InChI is InChI=1S/C19H22ClNO2/c1-14-5-10-18(12-15(14)2)23-13-19(22)21-11-3-4-16-6-8-17(20)9-7-16/h5-10,12H,3-4,11,13H2,1-2H3,(H,21,22). The van der Waals surface area contributed by atoms with Gasteiger partial charge in [-0.25, -0.2) is 0 Å². The number of hydrogen-bond donors (Lipinski definition) is 1. The first kappa shape index (κ1) is 17.4. The Labute approximate surface area is 142 Å². The Morgan fingerprint density at radius 2 is 1.83 bits per heavy atom. The first-order valence-corrected chi connectivity index (χ1v) is 8.13. The third-order valence-electron chi connectivity index (χ3n) is 3.73. The van der Waals surface area contributed by atoms with Crippen LogP contribution in [-0.2, 0) is 11.2 Å². The van der Waals surface area contributed by atoms with Gasteiger partial charge in [-0.3, -0.25) is 4.79 Å². The fraction of sp³-hybridized carbons (Fsp3) is 0.316. The molecule has 1 amide bonds. The van der Waals surface area contributed by atoms with E-state index in [9.17, 15) is 4.79 Å². The van der Waals surface area contributed by atoms with E-state index in [1.807, 2.05) is 56.3 Å². The second kappa shape index (κ2) is 8.59. The summed E-state index contributed by atoms with van der Waals surface area (Å²) < 4.78 is 5.51. The monoisotopic (exact) mass is 331 g/mol. The van der Waals surface area contributed by atoms with E-state index in [2.05, 4.69) is 5.32 Å². The predicted octanol–water partition coefficient (Wildman–Crippen LogP) is 4.08. The zero-order valence-electron chi connectivity index (χ0n) is 13.6. The molecule has 2 aromatic rings. The third-order valence-corrected chi connectivity index (χ3v) is 3.98. The van der Waals surface area contributed by atoms with Crippen molar-refractivity contribution >= 4 is 17.5 Å². The molecular weight excluding hydrogens is 310 g/mol. The van der Waals surface area contributed by atoms with Crippen LogP contribution in [0.2, 0.25) is 5.02 Å². The predicted molar refractivity (Wildman–Crippen MR) is 94.2 cm³/mol. The normalized spacial score (nSPS) is 10.4. The van der Waals surface area contributed by atoms with Crippen LogP contribution in [0, 0.1) is 13.8 Å². The number of amides is 1. The molecule has 122 valence electrons. The number of ether oxygens (including phenoxy) is 1. The van der Waals surface area contributed by atoms with Gasteiger partial charge in [-0.15, -0.1) is 0 Å². The van der Waals surface area contributed by atoms with E-state index in [0.29, 0.717) is 6.54 Å². The summed E-state index contributed by atoms with van der Waals surface area (Å²) >= 11 is 5.85.